The van der Waals surface area contributed by atoms with E-state index >= 15 is 0 Å². The highest BCUT2D eigenvalue weighted by atomic mass is 32.2. The number of carboxylic acids is 1. The fraction of sp³-hybridized carbons (Fsp3) is 0.316. The molecule has 0 aliphatic rings. The topological polar surface area (TPSA) is 92.4 Å². The first kappa shape index (κ1) is 19.8. The average Bonchev–Trinajstić information content (AvgIpc) is 2.94. The maximum Gasteiger partial charge on any atom is 0.326 e. The molecule has 7 heteroatoms. The van der Waals surface area contributed by atoms with E-state index < -0.39 is 17.9 Å². The van der Waals surface area contributed by atoms with Gasteiger partial charge >= 0.3 is 5.97 Å². The van der Waals surface area contributed by atoms with E-state index in [-0.39, 0.29) is 6.42 Å². The molecule has 0 saturated heterocycles. The summed E-state index contributed by atoms with van der Waals surface area (Å²) in [5.41, 5.74) is 2.28. The number of amides is 1. The lowest BCUT2D eigenvalue weighted by atomic mass is 10.1. The van der Waals surface area contributed by atoms with E-state index in [1.807, 2.05) is 26.0 Å². The van der Waals surface area contributed by atoms with E-state index in [0.717, 1.165) is 21.9 Å². The van der Waals surface area contributed by atoms with Crippen LogP contribution in [0.5, 0.6) is 0 Å². The zero-order valence-corrected chi connectivity index (χ0v) is 15.8. The standard InChI is InChI=1S/C19H22N2O4S/c1-4-5-9-16(19(23)24)20-18(22)14-8-6-7-10-17(14)26-11-15-12(2)21-25-13(15)3/h4-8,10,16H,9,11H2,1-3H3,(H,20,22)(H,23,24)/b5-4+. The predicted octanol–water partition coefficient (Wildman–Crippen LogP) is 3.73. The molecule has 1 aromatic heterocycles. The summed E-state index contributed by atoms with van der Waals surface area (Å²) in [5.74, 6) is -0.0813. The summed E-state index contributed by atoms with van der Waals surface area (Å²) in [6.07, 6.45) is 3.72. The average molecular weight is 374 g/mol. The number of carbonyl (C=O) groups excluding carboxylic acids is 1. The quantitative estimate of drug-likeness (QED) is 0.540. The van der Waals surface area contributed by atoms with Gasteiger partial charge in [-0.2, -0.15) is 0 Å². The third kappa shape index (κ3) is 4.98. The Balaban J connectivity index is 2.14. The maximum atomic E-state index is 12.6. The van der Waals surface area contributed by atoms with Crippen molar-refractivity contribution in [2.75, 3.05) is 0 Å². The van der Waals surface area contributed by atoms with Crippen LogP contribution in [0.4, 0.5) is 0 Å². The number of hydrogen-bond acceptors (Lipinski definition) is 5. The van der Waals surface area contributed by atoms with Crippen LogP contribution in [0.1, 0.15) is 40.7 Å². The van der Waals surface area contributed by atoms with Gasteiger partial charge < -0.3 is 14.9 Å². The van der Waals surface area contributed by atoms with Crippen molar-refractivity contribution >= 4 is 23.6 Å². The van der Waals surface area contributed by atoms with Crippen molar-refractivity contribution in [1.29, 1.82) is 0 Å². The van der Waals surface area contributed by atoms with E-state index in [1.54, 1.807) is 31.2 Å². The molecule has 1 unspecified atom stereocenters. The van der Waals surface area contributed by atoms with Crippen LogP contribution in [0.15, 0.2) is 45.8 Å². The normalized spacial score (nSPS) is 12.3. The molecule has 2 N–H and O–H groups in total. The number of aryl methyl sites for hydroxylation is 2. The number of carbonyl (C=O) groups is 2. The summed E-state index contributed by atoms with van der Waals surface area (Å²) in [7, 11) is 0. The van der Waals surface area contributed by atoms with Crippen molar-refractivity contribution in [3.63, 3.8) is 0 Å². The molecule has 0 aliphatic carbocycles. The summed E-state index contributed by atoms with van der Waals surface area (Å²) >= 11 is 1.49. The molecular weight excluding hydrogens is 352 g/mol. The molecule has 1 amide bonds. The van der Waals surface area contributed by atoms with Crippen LogP contribution in [0, 0.1) is 13.8 Å². The predicted molar refractivity (Wildman–Crippen MR) is 100 cm³/mol. The SMILES string of the molecule is C/C=C/CC(NC(=O)c1ccccc1SCc1c(C)noc1C)C(=O)O. The minimum absolute atomic E-state index is 0.242. The van der Waals surface area contributed by atoms with E-state index in [9.17, 15) is 14.7 Å². The van der Waals surface area contributed by atoms with Gasteiger partial charge in [-0.3, -0.25) is 4.79 Å². The van der Waals surface area contributed by atoms with Gasteiger partial charge in [0, 0.05) is 16.2 Å². The van der Waals surface area contributed by atoms with Crippen LogP contribution in [-0.2, 0) is 10.5 Å². The van der Waals surface area contributed by atoms with Gasteiger partial charge in [0.1, 0.15) is 11.8 Å². The van der Waals surface area contributed by atoms with Gasteiger partial charge in [-0.25, -0.2) is 4.79 Å². The van der Waals surface area contributed by atoms with Gasteiger partial charge in [-0.1, -0.05) is 29.4 Å². The number of rotatable bonds is 8. The van der Waals surface area contributed by atoms with E-state index in [1.165, 1.54) is 11.8 Å². The zero-order chi connectivity index (χ0) is 19.1. The van der Waals surface area contributed by atoms with E-state index in [4.69, 9.17) is 4.52 Å². The third-order valence-corrected chi connectivity index (χ3v) is 5.00. The first-order valence-corrected chi connectivity index (χ1v) is 9.21. The summed E-state index contributed by atoms with van der Waals surface area (Å²) in [6.45, 7) is 5.54. The van der Waals surface area contributed by atoms with Gasteiger partial charge in [0.05, 0.1) is 11.3 Å². The fourth-order valence-electron chi connectivity index (χ4n) is 2.37. The monoisotopic (exact) mass is 374 g/mol. The highest BCUT2D eigenvalue weighted by Gasteiger charge is 2.21. The molecule has 0 saturated carbocycles. The molecule has 1 atom stereocenters. The molecule has 0 bridgehead atoms. The van der Waals surface area contributed by atoms with Crippen molar-refractivity contribution in [1.82, 2.24) is 10.5 Å². The number of carboxylic acid groups (broad SMARTS) is 1. The van der Waals surface area contributed by atoms with E-state index in [0.29, 0.717) is 11.3 Å². The van der Waals surface area contributed by atoms with Gasteiger partial charge in [-0.05, 0) is 39.3 Å². The minimum Gasteiger partial charge on any atom is -0.480 e. The first-order chi connectivity index (χ1) is 12.4. The van der Waals surface area contributed by atoms with Crippen molar-refractivity contribution in [3.05, 3.63) is 59.0 Å². The number of hydrogen-bond donors (Lipinski definition) is 2. The number of nitrogens with one attached hydrogen (secondary N) is 1. The van der Waals surface area contributed by atoms with Crippen molar-refractivity contribution in [2.45, 2.75) is 43.9 Å². The van der Waals surface area contributed by atoms with E-state index in [2.05, 4.69) is 10.5 Å². The van der Waals surface area contributed by atoms with Crippen molar-refractivity contribution < 1.29 is 19.2 Å². The minimum atomic E-state index is -1.06. The number of allylic oxidation sites excluding steroid dienone is 1. The summed E-state index contributed by atoms with van der Waals surface area (Å²) in [4.78, 5) is 24.7. The lowest BCUT2D eigenvalue weighted by molar-refractivity contribution is -0.139. The lowest BCUT2D eigenvalue weighted by Gasteiger charge is -2.14. The fourth-order valence-corrected chi connectivity index (χ4v) is 3.57. The van der Waals surface area contributed by atoms with Gasteiger partial charge in [-0.15, -0.1) is 11.8 Å². The van der Waals surface area contributed by atoms with Crippen LogP contribution in [0.25, 0.3) is 0 Å². The second kappa shape index (κ2) is 9.24. The molecule has 6 nitrogen and oxygen atoms in total. The first-order valence-electron chi connectivity index (χ1n) is 8.22. The molecule has 1 aromatic carbocycles. The Kier molecular flexibility index (Phi) is 7.03. The molecule has 138 valence electrons. The van der Waals surface area contributed by atoms with Crippen LogP contribution in [0.3, 0.4) is 0 Å². The Morgan fingerprint density at radius 3 is 2.69 bits per heavy atom. The Bertz CT molecular complexity index is 794. The lowest BCUT2D eigenvalue weighted by Crippen LogP contribution is -2.40. The second-order valence-electron chi connectivity index (χ2n) is 5.76. The number of benzene rings is 1. The summed E-state index contributed by atoms with van der Waals surface area (Å²) in [5, 5.41) is 15.8. The Morgan fingerprint density at radius 2 is 2.08 bits per heavy atom. The second-order valence-corrected chi connectivity index (χ2v) is 6.77. The Hall–Kier alpha value is -2.54. The van der Waals surface area contributed by atoms with Gasteiger partial charge in [0.2, 0.25) is 0 Å². The van der Waals surface area contributed by atoms with Gasteiger partial charge in [0.25, 0.3) is 5.91 Å². The smallest absolute Gasteiger partial charge is 0.326 e. The molecule has 0 aliphatic heterocycles. The molecule has 26 heavy (non-hydrogen) atoms. The third-order valence-electron chi connectivity index (χ3n) is 3.90. The number of aliphatic carboxylic acids is 1. The Morgan fingerprint density at radius 1 is 1.35 bits per heavy atom. The van der Waals surface area contributed by atoms with Crippen molar-refractivity contribution in [2.24, 2.45) is 0 Å². The molecular formula is C19H22N2O4S. The van der Waals surface area contributed by atoms with Crippen LogP contribution in [-0.4, -0.2) is 28.2 Å². The molecule has 2 aromatic rings. The van der Waals surface area contributed by atoms with Crippen LogP contribution in [0.2, 0.25) is 0 Å². The van der Waals surface area contributed by atoms with Crippen LogP contribution >= 0.6 is 11.8 Å². The largest absolute Gasteiger partial charge is 0.480 e. The molecule has 2 rings (SSSR count). The summed E-state index contributed by atoms with van der Waals surface area (Å²) in [6, 6.07) is 6.19. The highest BCUT2D eigenvalue weighted by Crippen LogP contribution is 2.28. The Labute approximate surface area is 156 Å². The highest BCUT2D eigenvalue weighted by molar-refractivity contribution is 7.98. The maximum absolute atomic E-state index is 12.6. The molecule has 0 spiro atoms. The van der Waals surface area contributed by atoms with Crippen LogP contribution < -0.4 is 5.32 Å². The number of thioether (sulfide) groups is 1. The number of aromatic nitrogens is 1. The molecule has 0 radical (unpaired) electrons. The molecule has 1 heterocycles. The van der Waals surface area contributed by atoms with Crippen molar-refractivity contribution in [3.8, 4) is 0 Å². The van der Waals surface area contributed by atoms with Gasteiger partial charge in [0.15, 0.2) is 0 Å². The molecule has 0 fully saturated rings. The zero-order valence-electron chi connectivity index (χ0n) is 15.0. The summed E-state index contributed by atoms with van der Waals surface area (Å²) < 4.78 is 5.16. The number of nitrogens with zero attached hydrogens (tertiary/aromatic N) is 1.